The van der Waals surface area contributed by atoms with E-state index < -0.39 is 12.3 Å². The van der Waals surface area contributed by atoms with Gasteiger partial charge in [-0.25, -0.2) is 9.59 Å². The largest absolute Gasteiger partial charge is 0.513 e. The molecule has 0 aromatic heterocycles. The monoisotopic (exact) mass is 268 g/mol. The van der Waals surface area contributed by atoms with E-state index in [1.165, 1.54) is 26.4 Å². The Morgan fingerprint density at radius 1 is 1.11 bits per heavy atom. The van der Waals surface area contributed by atoms with Gasteiger partial charge in [0.25, 0.3) is 0 Å². The van der Waals surface area contributed by atoms with Crippen LogP contribution in [-0.2, 0) is 15.9 Å². The first-order valence-corrected chi connectivity index (χ1v) is 5.45. The van der Waals surface area contributed by atoms with E-state index in [9.17, 15) is 9.59 Å². The van der Waals surface area contributed by atoms with Gasteiger partial charge in [0.05, 0.1) is 20.8 Å². The normalized spacial score (nSPS) is 12.1. The van der Waals surface area contributed by atoms with Crippen molar-refractivity contribution >= 4 is 12.3 Å². The number of hydrogen-bond donors (Lipinski definition) is 0. The first kappa shape index (κ1) is 13.0. The third-order valence-corrected chi connectivity index (χ3v) is 2.48. The van der Waals surface area contributed by atoms with E-state index in [1.807, 2.05) is 0 Å². The lowest BCUT2D eigenvalue weighted by molar-refractivity contribution is 0.119. The van der Waals surface area contributed by atoms with Crippen molar-refractivity contribution in [3.05, 3.63) is 17.7 Å². The Hall–Kier alpha value is -2.44. The van der Waals surface area contributed by atoms with Gasteiger partial charge in [0.15, 0.2) is 0 Å². The smallest absolute Gasteiger partial charge is 0.493 e. The molecule has 102 valence electrons. The molecular weight excluding hydrogens is 256 g/mol. The van der Waals surface area contributed by atoms with Gasteiger partial charge in [-0.05, 0) is 0 Å². The van der Waals surface area contributed by atoms with Crippen molar-refractivity contribution in [2.75, 3.05) is 20.8 Å². The van der Waals surface area contributed by atoms with E-state index >= 15 is 0 Å². The Kier molecular flexibility index (Phi) is 3.74. The van der Waals surface area contributed by atoms with E-state index in [-0.39, 0.29) is 11.5 Å². The van der Waals surface area contributed by atoms with E-state index in [4.69, 9.17) is 14.2 Å². The maximum Gasteiger partial charge on any atom is 0.513 e. The number of rotatable bonds is 2. The van der Waals surface area contributed by atoms with Crippen LogP contribution in [0.3, 0.4) is 0 Å². The van der Waals surface area contributed by atoms with Gasteiger partial charge in [0, 0.05) is 24.1 Å². The molecule has 0 radical (unpaired) electrons. The summed E-state index contributed by atoms with van der Waals surface area (Å²) in [5.41, 5.74) is 0.725. The number of benzene rings is 1. The number of ether oxygens (including phenoxy) is 5. The molecule has 7 nitrogen and oxygen atoms in total. The van der Waals surface area contributed by atoms with Gasteiger partial charge in [0.2, 0.25) is 0 Å². The maximum absolute atomic E-state index is 11.2. The van der Waals surface area contributed by atoms with Crippen LogP contribution in [0.1, 0.15) is 5.56 Å². The summed E-state index contributed by atoms with van der Waals surface area (Å²) in [4.78, 5) is 22.2. The third-order valence-electron chi connectivity index (χ3n) is 2.48. The summed E-state index contributed by atoms with van der Waals surface area (Å²) < 4.78 is 24.0. The zero-order valence-electron chi connectivity index (χ0n) is 10.4. The molecule has 1 aromatic rings. The predicted octanol–water partition coefficient (Wildman–Crippen LogP) is 1.91. The molecule has 0 atom stereocenters. The van der Waals surface area contributed by atoms with Crippen LogP contribution in [0.25, 0.3) is 0 Å². The van der Waals surface area contributed by atoms with Crippen LogP contribution in [-0.4, -0.2) is 33.1 Å². The fourth-order valence-corrected chi connectivity index (χ4v) is 1.65. The van der Waals surface area contributed by atoms with Crippen molar-refractivity contribution in [1.82, 2.24) is 0 Å². The van der Waals surface area contributed by atoms with Crippen molar-refractivity contribution in [2.24, 2.45) is 0 Å². The molecule has 7 heteroatoms. The fourth-order valence-electron chi connectivity index (χ4n) is 1.65. The summed E-state index contributed by atoms with van der Waals surface area (Å²) in [6.45, 7) is 0.467. The second-order valence-electron chi connectivity index (χ2n) is 3.61. The number of carbonyl (C=O) groups excluding carboxylic acids is 2. The predicted molar refractivity (Wildman–Crippen MR) is 61.7 cm³/mol. The van der Waals surface area contributed by atoms with E-state index in [2.05, 4.69) is 9.47 Å². The van der Waals surface area contributed by atoms with E-state index in [0.717, 1.165) is 5.56 Å². The average molecular weight is 268 g/mol. The molecule has 2 rings (SSSR count). The lowest BCUT2D eigenvalue weighted by Gasteiger charge is -2.10. The SMILES string of the molecule is COC(=O)Oc1cc2c(c(OC(=O)OC)c1)CCO2. The average Bonchev–Trinajstić information content (AvgIpc) is 2.86. The lowest BCUT2D eigenvalue weighted by Crippen LogP contribution is -2.10. The van der Waals surface area contributed by atoms with Crippen LogP contribution in [0.2, 0.25) is 0 Å². The molecule has 19 heavy (non-hydrogen) atoms. The Morgan fingerprint density at radius 3 is 2.47 bits per heavy atom. The highest BCUT2D eigenvalue weighted by atomic mass is 16.7. The zero-order chi connectivity index (χ0) is 13.8. The first-order chi connectivity index (χ1) is 9.13. The van der Waals surface area contributed by atoms with Gasteiger partial charge in [-0.1, -0.05) is 0 Å². The van der Waals surface area contributed by atoms with Crippen molar-refractivity contribution in [1.29, 1.82) is 0 Å². The van der Waals surface area contributed by atoms with Crippen LogP contribution < -0.4 is 14.2 Å². The Labute approximate surface area is 109 Å². The Balaban J connectivity index is 2.30. The summed E-state index contributed by atoms with van der Waals surface area (Å²) in [5.74, 6) is 0.896. The van der Waals surface area contributed by atoms with Crippen LogP contribution in [0, 0.1) is 0 Å². The second-order valence-corrected chi connectivity index (χ2v) is 3.61. The highest BCUT2D eigenvalue weighted by molar-refractivity contribution is 5.68. The molecule has 0 unspecified atom stereocenters. The van der Waals surface area contributed by atoms with Crippen LogP contribution in [0.5, 0.6) is 17.2 Å². The lowest BCUT2D eigenvalue weighted by atomic mass is 10.1. The Morgan fingerprint density at radius 2 is 1.79 bits per heavy atom. The summed E-state index contributed by atoms with van der Waals surface area (Å²) in [6.07, 6.45) is -1.13. The molecule has 0 saturated heterocycles. The summed E-state index contributed by atoms with van der Waals surface area (Å²) in [6, 6.07) is 2.94. The van der Waals surface area contributed by atoms with E-state index in [0.29, 0.717) is 18.8 Å². The molecule has 0 N–H and O–H groups in total. The summed E-state index contributed by atoms with van der Waals surface area (Å²) in [5, 5.41) is 0. The highest BCUT2D eigenvalue weighted by Crippen LogP contribution is 2.38. The number of hydrogen-bond acceptors (Lipinski definition) is 7. The molecular formula is C12H12O7. The number of carbonyl (C=O) groups is 2. The van der Waals surface area contributed by atoms with E-state index in [1.54, 1.807) is 0 Å². The van der Waals surface area contributed by atoms with Gasteiger partial charge < -0.3 is 23.7 Å². The zero-order valence-corrected chi connectivity index (χ0v) is 10.4. The fraction of sp³-hybridized carbons (Fsp3) is 0.333. The molecule has 0 saturated carbocycles. The summed E-state index contributed by atoms with van der Waals surface area (Å²) in [7, 11) is 2.39. The molecule has 0 bridgehead atoms. The van der Waals surface area contributed by atoms with Gasteiger partial charge in [-0.2, -0.15) is 0 Å². The molecule has 0 aliphatic carbocycles. The quantitative estimate of drug-likeness (QED) is 0.598. The van der Waals surface area contributed by atoms with Gasteiger partial charge in [0.1, 0.15) is 17.2 Å². The maximum atomic E-state index is 11.2. The third kappa shape index (κ3) is 2.87. The van der Waals surface area contributed by atoms with Crippen molar-refractivity contribution in [3.8, 4) is 17.2 Å². The first-order valence-electron chi connectivity index (χ1n) is 5.45. The molecule has 1 aromatic carbocycles. The minimum absolute atomic E-state index is 0.159. The van der Waals surface area contributed by atoms with Gasteiger partial charge in [-0.3, -0.25) is 0 Å². The number of fused-ring (bicyclic) bond motifs is 1. The van der Waals surface area contributed by atoms with Gasteiger partial charge >= 0.3 is 12.3 Å². The molecule has 0 fully saturated rings. The molecule has 1 aliphatic rings. The van der Waals surface area contributed by atoms with Crippen LogP contribution in [0.4, 0.5) is 9.59 Å². The molecule has 1 heterocycles. The van der Waals surface area contributed by atoms with Crippen molar-refractivity contribution in [3.63, 3.8) is 0 Å². The van der Waals surface area contributed by atoms with Crippen molar-refractivity contribution < 1.29 is 33.3 Å². The standard InChI is InChI=1S/C12H12O7/c1-15-11(13)18-7-5-9-8(3-4-17-9)10(6-7)19-12(14)16-2/h5-6H,3-4H2,1-2H3. The Bertz CT molecular complexity index is 509. The molecule has 0 amide bonds. The topological polar surface area (TPSA) is 80.3 Å². The van der Waals surface area contributed by atoms with Crippen LogP contribution in [0.15, 0.2) is 12.1 Å². The van der Waals surface area contributed by atoms with Crippen molar-refractivity contribution in [2.45, 2.75) is 6.42 Å². The van der Waals surface area contributed by atoms with Gasteiger partial charge in [-0.15, -0.1) is 0 Å². The molecule has 1 aliphatic heterocycles. The minimum atomic E-state index is -0.873. The van der Waals surface area contributed by atoms with Crippen LogP contribution >= 0.6 is 0 Å². The summed E-state index contributed by atoms with van der Waals surface area (Å²) >= 11 is 0. The number of methoxy groups -OCH3 is 2. The highest BCUT2D eigenvalue weighted by Gasteiger charge is 2.22. The minimum Gasteiger partial charge on any atom is -0.493 e. The second kappa shape index (κ2) is 5.47. The molecule has 0 spiro atoms.